The topological polar surface area (TPSA) is 62.3 Å². The molecule has 0 aromatic carbocycles. The quantitative estimate of drug-likeness (QED) is 0.909. The summed E-state index contributed by atoms with van der Waals surface area (Å²) < 4.78 is 0. The van der Waals surface area contributed by atoms with Crippen LogP contribution < -0.4 is 5.32 Å². The Balaban J connectivity index is 1.75. The summed E-state index contributed by atoms with van der Waals surface area (Å²) in [6.45, 7) is 2.02. The molecule has 2 aliphatic heterocycles. The van der Waals surface area contributed by atoms with Crippen molar-refractivity contribution in [2.24, 2.45) is 0 Å². The third-order valence-electron chi connectivity index (χ3n) is 3.73. The normalized spacial score (nSPS) is 28.6. The van der Waals surface area contributed by atoms with Crippen molar-refractivity contribution in [1.82, 2.24) is 9.88 Å². The van der Waals surface area contributed by atoms with Gasteiger partial charge in [-0.3, -0.25) is 9.59 Å². The van der Waals surface area contributed by atoms with Crippen LogP contribution in [0.5, 0.6) is 0 Å². The van der Waals surface area contributed by atoms with Gasteiger partial charge in [-0.2, -0.15) is 0 Å². The van der Waals surface area contributed by atoms with Gasteiger partial charge >= 0.3 is 0 Å². The highest BCUT2D eigenvalue weighted by atomic mass is 35.5. The van der Waals surface area contributed by atoms with Gasteiger partial charge in [0.05, 0.1) is 9.89 Å². The number of hydrogen-bond acceptors (Lipinski definition) is 4. The molecule has 20 heavy (non-hydrogen) atoms. The molecule has 3 heterocycles. The van der Waals surface area contributed by atoms with Crippen LogP contribution in [0.1, 0.15) is 19.8 Å². The fourth-order valence-corrected chi connectivity index (χ4v) is 4.22. The lowest BCUT2D eigenvalue weighted by molar-refractivity contribution is -0.135. The molecule has 106 valence electrons. The molecule has 1 aromatic heterocycles. The molecule has 2 unspecified atom stereocenters. The first kappa shape index (κ1) is 13.7. The van der Waals surface area contributed by atoms with Crippen molar-refractivity contribution in [3.63, 3.8) is 0 Å². The Labute approximate surface area is 126 Å². The fraction of sp³-hybridized carbons (Fsp3) is 0.462. The van der Waals surface area contributed by atoms with Gasteiger partial charge in [0.2, 0.25) is 11.8 Å². The van der Waals surface area contributed by atoms with Gasteiger partial charge in [0, 0.05) is 18.4 Å². The Morgan fingerprint density at radius 1 is 1.60 bits per heavy atom. The number of carbonyl (C=O) groups is 2. The largest absolute Gasteiger partial charge is 0.315 e. The van der Waals surface area contributed by atoms with Crippen LogP contribution in [0.4, 0.5) is 5.82 Å². The first-order valence-corrected chi connectivity index (χ1v) is 7.74. The molecular formula is C13H14ClN3O2S. The maximum atomic E-state index is 12.3. The molecule has 2 amide bonds. The predicted molar refractivity (Wildman–Crippen MR) is 78.6 cm³/mol. The monoisotopic (exact) mass is 311 g/mol. The second-order valence-electron chi connectivity index (χ2n) is 5.12. The van der Waals surface area contributed by atoms with Gasteiger partial charge in [-0.15, -0.1) is 11.8 Å². The van der Waals surface area contributed by atoms with Crippen molar-refractivity contribution < 1.29 is 9.59 Å². The van der Waals surface area contributed by atoms with E-state index in [1.165, 1.54) is 6.20 Å². The molecule has 0 bridgehead atoms. The molecule has 0 spiro atoms. The highest BCUT2D eigenvalue weighted by Gasteiger charge is 2.52. The zero-order chi connectivity index (χ0) is 14.3. The number of carbonyl (C=O) groups excluding carboxylic acids is 2. The minimum Gasteiger partial charge on any atom is -0.315 e. The van der Waals surface area contributed by atoms with E-state index in [9.17, 15) is 9.59 Å². The molecule has 1 N–H and O–H groups in total. The van der Waals surface area contributed by atoms with Crippen LogP contribution >= 0.6 is 23.4 Å². The molecule has 0 aliphatic carbocycles. The number of hydrogen-bond donors (Lipinski definition) is 1. The van der Waals surface area contributed by atoms with E-state index in [4.69, 9.17) is 11.6 Å². The SMILES string of the molecule is CC12CCC(=O)N1C(C(=O)Nc1ccc(Cl)cn1)CS2. The smallest absolute Gasteiger partial charge is 0.249 e. The van der Waals surface area contributed by atoms with Crippen molar-refractivity contribution in [2.45, 2.75) is 30.7 Å². The molecule has 3 rings (SSSR count). The van der Waals surface area contributed by atoms with Crippen LogP contribution in [0, 0.1) is 0 Å². The van der Waals surface area contributed by atoms with E-state index in [-0.39, 0.29) is 16.7 Å². The number of anilines is 1. The number of thioether (sulfide) groups is 1. The molecule has 2 atom stereocenters. The molecule has 1 aromatic rings. The summed E-state index contributed by atoms with van der Waals surface area (Å²) in [6.07, 6.45) is 2.80. The highest BCUT2D eigenvalue weighted by molar-refractivity contribution is 8.01. The Morgan fingerprint density at radius 3 is 3.10 bits per heavy atom. The van der Waals surface area contributed by atoms with E-state index in [0.29, 0.717) is 23.0 Å². The van der Waals surface area contributed by atoms with Crippen LogP contribution in [0.25, 0.3) is 0 Å². The van der Waals surface area contributed by atoms with Crippen molar-refractivity contribution in [2.75, 3.05) is 11.1 Å². The Kier molecular flexibility index (Phi) is 3.38. The molecule has 2 saturated heterocycles. The lowest BCUT2D eigenvalue weighted by Gasteiger charge is -2.29. The summed E-state index contributed by atoms with van der Waals surface area (Å²) in [4.78, 5) is 29.8. The van der Waals surface area contributed by atoms with Crippen LogP contribution in [-0.2, 0) is 9.59 Å². The number of nitrogens with zero attached hydrogens (tertiary/aromatic N) is 2. The van der Waals surface area contributed by atoms with Crippen molar-refractivity contribution >= 4 is 41.0 Å². The number of halogens is 1. The summed E-state index contributed by atoms with van der Waals surface area (Å²) in [5.41, 5.74) is 0. The summed E-state index contributed by atoms with van der Waals surface area (Å²) in [5.74, 6) is 0.944. The van der Waals surface area contributed by atoms with E-state index in [1.54, 1.807) is 28.8 Å². The van der Waals surface area contributed by atoms with Crippen LogP contribution in [-0.4, -0.2) is 38.4 Å². The van der Waals surface area contributed by atoms with E-state index in [1.807, 2.05) is 6.92 Å². The van der Waals surface area contributed by atoms with Crippen LogP contribution in [0.15, 0.2) is 18.3 Å². The summed E-state index contributed by atoms with van der Waals surface area (Å²) in [5, 5.41) is 3.26. The van der Waals surface area contributed by atoms with Crippen molar-refractivity contribution in [3.05, 3.63) is 23.4 Å². The number of amides is 2. The van der Waals surface area contributed by atoms with Crippen molar-refractivity contribution in [3.8, 4) is 0 Å². The predicted octanol–water partition coefficient (Wildman–Crippen LogP) is 2.13. The standard InChI is InChI=1S/C13H14ClN3O2S/c1-13-5-4-11(18)17(13)9(7-20-13)12(19)16-10-3-2-8(14)6-15-10/h2-3,6,9H,4-5,7H2,1H3,(H,15,16,19). The molecule has 5 nitrogen and oxygen atoms in total. The Morgan fingerprint density at radius 2 is 2.40 bits per heavy atom. The van der Waals surface area contributed by atoms with E-state index in [2.05, 4.69) is 10.3 Å². The van der Waals surface area contributed by atoms with E-state index in [0.717, 1.165) is 6.42 Å². The zero-order valence-electron chi connectivity index (χ0n) is 10.9. The second kappa shape index (κ2) is 4.93. The molecule has 2 fully saturated rings. The number of fused-ring (bicyclic) bond motifs is 1. The van der Waals surface area contributed by atoms with Gasteiger partial charge in [-0.25, -0.2) is 4.98 Å². The van der Waals surface area contributed by atoms with Gasteiger partial charge in [0.15, 0.2) is 0 Å². The number of rotatable bonds is 2. The Bertz CT molecular complexity index is 565. The molecular weight excluding hydrogens is 298 g/mol. The van der Waals surface area contributed by atoms with Gasteiger partial charge in [-0.1, -0.05) is 11.6 Å². The van der Waals surface area contributed by atoms with Gasteiger partial charge in [-0.05, 0) is 25.5 Å². The van der Waals surface area contributed by atoms with Crippen molar-refractivity contribution in [1.29, 1.82) is 0 Å². The third-order valence-corrected chi connectivity index (χ3v) is 5.45. The maximum absolute atomic E-state index is 12.3. The van der Waals surface area contributed by atoms with Gasteiger partial charge < -0.3 is 10.2 Å². The summed E-state index contributed by atoms with van der Waals surface area (Å²) >= 11 is 7.43. The number of aromatic nitrogens is 1. The Hall–Kier alpha value is -1.27. The second-order valence-corrected chi connectivity index (χ2v) is 7.05. The average molecular weight is 312 g/mol. The molecule has 0 radical (unpaired) electrons. The fourth-order valence-electron chi connectivity index (χ4n) is 2.67. The van der Waals surface area contributed by atoms with Gasteiger partial charge in [0.25, 0.3) is 0 Å². The average Bonchev–Trinajstić information content (AvgIpc) is 2.90. The first-order chi connectivity index (χ1) is 9.49. The molecule has 2 aliphatic rings. The summed E-state index contributed by atoms with van der Waals surface area (Å²) in [7, 11) is 0. The minimum atomic E-state index is -0.419. The van der Waals surface area contributed by atoms with E-state index >= 15 is 0 Å². The lowest BCUT2D eigenvalue weighted by atomic mass is 10.2. The molecule has 0 saturated carbocycles. The summed E-state index contributed by atoms with van der Waals surface area (Å²) in [6, 6.07) is 2.89. The lowest BCUT2D eigenvalue weighted by Crippen LogP contribution is -2.48. The maximum Gasteiger partial charge on any atom is 0.249 e. The van der Waals surface area contributed by atoms with E-state index < -0.39 is 6.04 Å². The minimum absolute atomic E-state index is 0.0571. The van der Waals surface area contributed by atoms with Crippen LogP contribution in [0.3, 0.4) is 0 Å². The zero-order valence-corrected chi connectivity index (χ0v) is 12.5. The van der Waals surface area contributed by atoms with Gasteiger partial charge in [0.1, 0.15) is 11.9 Å². The van der Waals surface area contributed by atoms with Crippen LogP contribution in [0.2, 0.25) is 5.02 Å². The third kappa shape index (κ3) is 2.27. The number of pyridine rings is 1. The number of nitrogens with one attached hydrogen (secondary N) is 1. The first-order valence-electron chi connectivity index (χ1n) is 6.38. The molecule has 7 heteroatoms. The highest BCUT2D eigenvalue weighted by Crippen LogP contribution is 2.47.